The zero-order chi connectivity index (χ0) is 17.9. The number of aromatic nitrogens is 2. The van der Waals surface area contributed by atoms with Crippen LogP contribution in [0.15, 0.2) is 78.1 Å². The molecule has 0 fully saturated rings. The number of nitrogens with one attached hydrogen (secondary N) is 1. The van der Waals surface area contributed by atoms with Crippen molar-refractivity contribution in [1.82, 2.24) is 9.97 Å². The molecule has 1 aromatic heterocycles. The summed E-state index contributed by atoms with van der Waals surface area (Å²) >= 11 is 1.44. The van der Waals surface area contributed by atoms with Gasteiger partial charge in [-0.05, 0) is 24.4 Å². The second-order valence-electron chi connectivity index (χ2n) is 5.97. The van der Waals surface area contributed by atoms with E-state index >= 15 is 0 Å². The van der Waals surface area contributed by atoms with Crippen LogP contribution in [0.1, 0.15) is 6.92 Å². The van der Waals surface area contributed by atoms with Crippen molar-refractivity contribution < 1.29 is 4.79 Å². The number of hydrogen-bond donors (Lipinski definition) is 1. The van der Waals surface area contributed by atoms with Gasteiger partial charge >= 0.3 is 0 Å². The highest BCUT2D eigenvalue weighted by Gasteiger charge is 2.17. The average Bonchev–Trinajstić information content (AvgIpc) is 2.68. The van der Waals surface area contributed by atoms with Crippen LogP contribution < -0.4 is 5.32 Å². The highest BCUT2D eigenvalue weighted by molar-refractivity contribution is 8.00. The minimum absolute atomic E-state index is 0.0472. The molecule has 1 atom stereocenters. The summed E-state index contributed by atoms with van der Waals surface area (Å²) in [6.07, 6.45) is 1.54. The number of anilines is 1. The summed E-state index contributed by atoms with van der Waals surface area (Å²) in [6.45, 7) is 1.89. The van der Waals surface area contributed by atoms with E-state index < -0.39 is 0 Å². The zero-order valence-electron chi connectivity index (χ0n) is 14.2. The lowest BCUT2D eigenvalue weighted by Crippen LogP contribution is -2.22. The van der Waals surface area contributed by atoms with Gasteiger partial charge in [0.05, 0.1) is 10.8 Å². The molecule has 1 amide bonds. The number of para-hydroxylation sites is 1. The summed E-state index contributed by atoms with van der Waals surface area (Å²) in [4.78, 5) is 21.4. The molecule has 4 nitrogen and oxygen atoms in total. The summed E-state index contributed by atoms with van der Waals surface area (Å²) in [5, 5.41) is 6.68. The van der Waals surface area contributed by atoms with Gasteiger partial charge in [-0.15, -0.1) is 0 Å². The maximum absolute atomic E-state index is 12.7. The van der Waals surface area contributed by atoms with E-state index in [1.807, 2.05) is 73.7 Å². The molecule has 0 spiro atoms. The van der Waals surface area contributed by atoms with E-state index in [9.17, 15) is 4.79 Å². The smallest absolute Gasteiger partial charge is 0.237 e. The van der Waals surface area contributed by atoms with Gasteiger partial charge in [0.15, 0.2) is 0 Å². The molecule has 0 bridgehead atoms. The first-order valence-electron chi connectivity index (χ1n) is 8.37. The summed E-state index contributed by atoms with van der Waals surface area (Å²) < 4.78 is 0. The molecule has 0 aliphatic carbocycles. The maximum Gasteiger partial charge on any atom is 0.237 e. The molecule has 0 aliphatic rings. The molecule has 3 aromatic carbocycles. The number of fused-ring (bicyclic) bond motifs is 2. The van der Waals surface area contributed by atoms with Gasteiger partial charge < -0.3 is 5.32 Å². The highest BCUT2D eigenvalue weighted by atomic mass is 32.2. The summed E-state index contributed by atoms with van der Waals surface area (Å²) in [5.74, 6) is -0.0472. The zero-order valence-corrected chi connectivity index (χ0v) is 15.0. The van der Waals surface area contributed by atoms with Gasteiger partial charge in [-0.25, -0.2) is 9.97 Å². The predicted molar refractivity (Wildman–Crippen MR) is 107 cm³/mol. The number of rotatable bonds is 4. The van der Waals surface area contributed by atoms with E-state index in [2.05, 4.69) is 15.3 Å². The second kappa shape index (κ2) is 7.14. The van der Waals surface area contributed by atoms with Crippen LogP contribution in [-0.4, -0.2) is 21.1 Å². The van der Waals surface area contributed by atoms with Crippen LogP contribution in [0.25, 0.3) is 21.7 Å². The Balaban J connectivity index is 1.56. The minimum Gasteiger partial charge on any atom is -0.325 e. The molecule has 0 saturated carbocycles. The van der Waals surface area contributed by atoms with Crippen molar-refractivity contribution in [3.8, 4) is 0 Å². The molecule has 5 heteroatoms. The first-order chi connectivity index (χ1) is 12.7. The van der Waals surface area contributed by atoms with Crippen LogP contribution in [-0.2, 0) is 4.79 Å². The van der Waals surface area contributed by atoms with E-state index in [1.54, 1.807) is 6.33 Å². The Hall–Kier alpha value is -2.92. The van der Waals surface area contributed by atoms with E-state index in [4.69, 9.17) is 0 Å². The van der Waals surface area contributed by atoms with Crippen molar-refractivity contribution >= 4 is 45.0 Å². The van der Waals surface area contributed by atoms with Gasteiger partial charge in [0.1, 0.15) is 11.4 Å². The van der Waals surface area contributed by atoms with Gasteiger partial charge in [0.25, 0.3) is 0 Å². The van der Waals surface area contributed by atoms with Crippen LogP contribution in [0, 0.1) is 0 Å². The molecule has 0 saturated heterocycles. The van der Waals surface area contributed by atoms with Crippen LogP contribution >= 0.6 is 11.8 Å². The Labute approximate surface area is 155 Å². The maximum atomic E-state index is 12.7. The quantitative estimate of drug-likeness (QED) is 0.416. The number of nitrogens with zero attached hydrogens (tertiary/aromatic N) is 2. The van der Waals surface area contributed by atoms with Crippen LogP contribution in [0.3, 0.4) is 0 Å². The van der Waals surface area contributed by atoms with Crippen molar-refractivity contribution in [2.24, 2.45) is 0 Å². The summed E-state index contributed by atoms with van der Waals surface area (Å²) in [6, 6.07) is 21.8. The molecule has 128 valence electrons. The van der Waals surface area contributed by atoms with Crippen molar-refractivity contribution in [1.29, 1.82) is 0 Å². The normalized spacial score (nSPS) is 12.2. The third-order valence-electron chi connectivity index (χ3n) is 4.21. The fourth-order valence-electron chi connectivity index (χ4n) is 2.86. The third kappa shape index (κ3) is 3.26. The van der Waals surface area contributed by atoms with Crippen molar-refractivity contribution in [2.45, 2.75) is 17.2 Å². The van der Waals surface area contributed by atoms with E-state index in [0.29, 0.717) is 0 Å². The summed E-state index contributed by atoms with van der Waals surface area (Å²) in [7, 11) is 0. The SMILES string of the molecule is CC(Sc1ncnc2ccccc12)C(=O)Nc1cccc2ccccc12. The molecule has 1 N–H and O–H groups in total. The monoisotopic (exact) mass is 359 g/mol. The first-order valence-corrected chi connectivity index (χ1v) is 9.25. The van der Waals surface area contributed by atoms with E-state index in [0.717, 1.165) is 32.4 Å². The lowest BCUT2D eigenvalue weighted by atomic mass is 10.1. The van der Waals surface area contributed by atoms with Crippen LogP contribution in [0.4, 0.5) is 5.69 Å². The van der Waals surface area contributed by atoms with Crippen molar-refractivity contribution in [3.05, 3.63) is 73.1 Å². The first kappa shape index (κ1) is 16.5. The van der Waals surface area contributed by atoms with Gasteiger partial charge in [-0.3, -0.25) is 4.79 Å². The molecule has 0 radical (unpaired) electrons. The fourth-order valence-corrected chi connectivity index (χ4v) is 3.77. The fraction of sp³-hybridized carbons (Fsp3) is 0.0952. The van der Waals surface area contributed by atoms with Crippen LogP contribution in [0.5, 0.6) is 0 Å². The molecule has 1 unspecified atom stereocenters. The molecule has 1 heterocycles. The van der Waals surface area contributed by atoms with Gasteiger partial charge in [0.2, 0.25) is 5.91 Å². The number of thioether (sulfide) groups is 1. The number of benzene rings is 3. The molecular formula is C21H17N3OS. The Morgan fingerprint density at radius 2 is 1.65 bits per heavy atom. The standard InChI is InChI=1S/C21H17N3OS/c1-14(26-21-17-10-4-5-11-18(17)22-13-23-21)20(25)24-19-12-6-8-15-7-2-3-9-16(15)19/h2-14H,1H3,(H,24,25). The third-order valence-corrected chi connectivity index (χ3v) is 5.33. The minimum atomic E-state index is -0.285. The van der Waals surface area contributed by atoms with Crippen molar-refractivity contribution in [3.63, 3.8) is 0 Å². The molecule has 4 aromatic rings. The number of hydrogen-bond acceptors (Lipinski definition) is 4. The molecular weight excluding hydrogens is 342 g/mol. The Bertz CT molecular complexity index is 1090. The molecule has 0 aliphatic heterocycles. The van der Waals surface area contributed by atoms with E-state index in [1.165, 1.54) is 11.8 Å². The number of carbonyl (C=O) groups is 1. The molecule has 26 heavy (non-hydrogen) atoms. The Morgan fingerprint density at radius 1 is 0.923 bits per heavy atom. The Kier molecular flexibility index (Phi) is 4.54. The lowest BCUT2D eigenvalue weighted by molar-refractivity contribution is -0.115. The van der Waals surface area contributed by atoms with Gasteiger partial charge in [-0.1, -0.05) is 66.4 Å². The highest BCUT2D eigenvalue weighted by Crippen LogP contribution is 2.29. The van der Waals surface area contributed by atoms with Crippen molar-refractivity contribution in [2.75, 3.05) is 5.32 Å². The average molecular weight is 359 g/mol. The number of carbonyl (C=O) groups excluding carboxylic acids is 1. The number of amides is 1. The second-order valence-corrected chi connectivity index (χ2v) is 7.30. The Morgan fingerprint density at radius 3 is 2.54 bits per heavy atom. The topological polar surface area (TPSA) is 54.9 Å². The lowest BCUT2D eigenvalue weighted by Gasteiger charge is -2.14. The largest absolute Gasteiger partial charge is 0.325 e. The predicted octanol–water partition coefficient (Wildman–Crippen LogP) is 4.90. The molecule has 4 rings (SSSR count). The van der Waals surface area contributed by atoms with Gasteiger partial charge in [0, 0.05) is 16.5 Å². The summed E-state index contributed by atoms with van der Waals surface area (Å²) in [5.41, 5.74) is 1.71. The van der Waals surface area contributed by atoms with Crippen LogP contribution in [0.2, 0.25) is 0 Å². The van der Waals surface area contributed by atoms with E-state index in [-0.39, 0.29) is 11.2 Å². The van der Waals surface area contributed by atoms with Gasteiger partial charge in [-0.2, -0.15) is 0 Å².